The maximum atomic E-state index is 13.2. The van der Waals surface area contributed by atoms with Crippen LogP contribution in [0.25, 0.3) is 11.1 Å². The highest BCUT2D eigenvalue weighted by atomic mass is 19.1. The summed E-state index contributed by atoms with van der Waals surface area (Å²) in [5.41, 5.74) is 7.79. The standard InChI is InChI=1S/C18H22FN7/c1-24-11-15(12-3-5-14(19)6-4-12)17(23-24)26-9-7-13(8-10-26)16-21-22-18(20)25(16)2/h3-6,11,13H,7-10H2,1-2H3,(H2,20,22). The second-order valence-electron chi connectivity index (χ2n) is 6.78. The van der Waals surface area contributed by atoms with E-state index in [9.17, 15) is 4.39 Å². The summed E-state index contributed by atoms with van der Waals surface area (Å²) in [4.78, 5) is 2.29. The third-order valence-corrected chi connectivity index (χ3v) is 5.07. The first-order valence-corrected chi connectivity index (χ1v) is 8.72. The molecule has 2 aromatic heterocycles. The van der Waals surface area contributed by atoms with Gasteiger partial charge in [-0.1, -0.05) is 12.1 Å². The third-order valence-electron chi connectivity index (χ3n) is 5.07. The molecular formula is C18H22FN7. The highest BCUT2D eigenvalue weighted by Crippen LogP contribution is 2.34. The molecule has 4 rings (SSSR count). The molecule has 26 heavy (non-hydrogen) atoms. The van der Waals surface area contributed by atoms with E-state index in [0.717, 1.165) is 48.7 Å². The number of nitrogen functional groups attached to an aromatic ring is 1. The van der Waals surface area contributed by atoms with E-state index in [1.807, 2.05) is 29.5 Å². The molecule has 1 aliphatic rings. The minimum Gasteiger partial charge on any atom is -0.368 e. The van der Waals surface area contributed by atoms with Crippen LogP contribution < -0.4 is 10.6 Å². The normalized spacial score (nSPS) is 15.6. The highest BCUT2D eigenvalue weighted by molar-refractivity contribution is 5.75. The summed E-state index contributed by atoms with van der Waals surface area (Å²) >= 11 is 0. The lowest BCUT2D eigenvalue weighted by Gasteiger charge is -2.32. The van der Waals surface area contributed by atoms with Crippen LogP contribution >= 0.6 is 0 Å². The van der Waals surface area contributed by atoms with Crippen molar-refractivity contribution in [1.82, 2.24) is 24.5 Å². The number of aryl methyl sites for hydroxylation is 1. The van der Waals surface area contributed by atoms with E-state index in [-0.39, 0.29) is 5.82 Å². The van der Waals surface area contributed by atoms with Gasteiger partial charge in [0.05, 0.1) is 0 Å². The van der Waals surface area contributed by atoms with Crippen molar-refractivity contribution < 1.29 is 4.39 Å². The zero-order valence-electron chi connectivity index (χ0n) is 14.9. The number of hydrogen-bond acceptors (Lipinski definition) is 5. The average Bonchev–Trinajstić information content (AvgIpc) is 3.19. The number of aromatic nitrogens is 5. The van der Waals surface area contributed by atoms with Gasteiger partial charge in [-0.05, 0) is 30.5 Å². The quantitative estimate of drug-likeness (QED) is 0.780. The predicted molar refractivity (Wildman–Crippen MR) is 98.2 cm³/mol. The molecule has 0 aliphatic carbocycles. The Kier molecular flexibility index (Phi) is 4.10. The van der Waals surface area contributed by atoms with Crippen LogP contribution in [0.15, 0.2) is 30.5 Å². The molecule has 0 bridgehead atoms. The van der Waals surface area contributed by atoms with Crippen molar-refractivity contribution in [3.8, 4) is 11.1 Å². The molecule has 1 fully saturated rings. The zero-order chi connectivity index (χ0) is 18.3. The Hall–Kier alpha value is -2.90. The lowest BCUT2D eigenvalue weighted by molar-refractivity contribution is 0.471. The van der Waals surface area contributed by atoms with Crippen molar-refractivity contribution in [2.45, 2.75) is 18.8 Å². The van der Waals surface area contributed by atoms with Crippen LogP contribution in [0, 0.1) is 5.82 Å². The van der Waals surface area contributed by atoms with Gasteiger partial charge in [-0.2, -0.15) is 5.10 Å². The minimum atomic E-state index is -0.233. The maximum Gasteiger partial charge on any atom is 0.221 e. The molecule has 136 valence electrons. The number of halogens is 1. The average molecular weight is 355 g/mol. The van der Waals surface area contributed by atoms with Crippen LogP contribution in [-0.4, -0.2) is 37.6 Å². The maximum absolute atomic E-state index is 13.2. The summed E-state index contributed by atoms with van der Waals surface area (Å²) in [6.45, 7) is 1.76. The fourth-order valence-electron chi connectivity index (χ4n) is 3.60. The van der Waals surface area contributed by atoms with Gasteiger partial charge in [0.15, 0.2) is 5.82 Å². The fraction of sp³-hybridized carbons (Fsp3) is 0.389. The van der Waals surface area contributed by atoms with Crippen LogP contribution in [0.5, 0.6) is 0 Å². The van der Waals surface area contributed by atoms with Crippen LogP contribution in [0.2, 0.25) is 0 Å². The molecule has 1 aromatic carbocycles. The molecule has 3 heterocycles. The topological polar surface area (TPSA) is 77.8 Å². The van der Waals surface area contributed by atoms with E-state index in [1.165, 1.54) is 12.1 Å². The van der Waals surface area contributed by atoms with Gasteiger partial charge in [0, 0.05) is 44.9 Å². The van der Waals surface area contributed by atoms with Gasteiger partial charge < -0.3 is 15.2 Å². The van der Waals surface area contributed by atoms with Crippen molar-refractivity contribution in [2.24, 2.45) is 14.1 Å². The molecule has 0 atom stereocenters. The first kappa shape index (κ1) is 16.6. The molecule has 0 unspecified atom stereocenters. The Balaban J connectivity index is 1.55. The van der Waals surface area contributed by atoms with Crippen LogP contribution in [0.4, 0.5) is 16.2 Å². The second kappa shape index (κ2) is 6.44. The lowest BCUT2D eigenvalue weighted by atomic mass is 9.95. The molecule has 3 aromatic rings. The van der Waals surface area contributed by atoms with Gasteiger partial charge >= 0.3 is 0 Å². The summed E-state index contributed by atoms with van der Waals surface area (Å²) in [6.07, 6.45) is 3.91. The molecule has 7 nitrogen and oxygen atoms in total. The number of hydrogen-bond donors (Lipinski definition) is 1. The summed E-state index contributed by atoms with van der Waals surface area (Å²) in [5, 5.41) is 12.8. The van der Waals surface area contributed by atoms with E-state index in [0.29, 0.717) is 11.9 Å². The zero-order valence-corrected chi connectivity index (χ0v) is 14.9. The van der Waals surface area contributed by atoms with E-state index in [1.54, 1.807) is 12.1 Å². The van der Waals surface area contributed by atoms with Gasteiger partial charge in [-0.25, -0.2) is 4.39 Å². The van der Waals surface area contributed by atoms with Crippen molar-refractivity contribution in [3.05, 3.63) is 42.1 Å². The van der Waals surface area contributed by atoms with Crippen LogP contribution in [-0.2, 0) is 14.1 Å². The molecule has 1 saturated heterocycles. The Labute approximate surface area is 151 Å². The number of benzene rings is 1. The Bertz CT molecular complexity index is 904. The Morgan fingerprint density at radius 2 is 1.77 bits per heavy atom. The second-order valence-corrected chi connectivity index (χ2v) is 6.78. The Morgan fingerprint density at radius 3 is 2.38 bits per heavy atom. The number of nitrogens with zero attached hydrogens (tertiary/aromatic N) is 6. The van der Waals surface area contributed by atoms with Gasteiger partial charge in [0.25, 0.3) is 0 Å². The molecule has 0 spiro atoms. The molecule has 8 heteroatoms. The van der Waals surface area contributed by atoms with Crippen LogP contribution in [0.3, 0.4) is 0 Å². The first-order chi connectivity index (χ1) is 12.5. The van der Waals surface area contributed by atoms with Crippen molar-refractivity contribution in [1.29, 1.82) is 0 Å². The minimum absolute atomic E-state index is 0.233. The van der Waals surface area contributed by atoms with E-state index in [4.69, 9.17) is 5.73 Å². The number of anilines is 2. The molecule has 0 saturated carbocycles. The summed E-state index contributed by atoms with van der Waals surface area (Å²) < 4.78 is 16.9. The Morgan fingerprint density at radius 1 is 1.08 bits per heavy atom. The van der Waals surface area contributed by atoms with Crippen molar-refractivity contribution in [2.75, 3.05) is 23.7 Å². The monoisotopic (exact) mass is 355 g/mol. The lowest BCUT2D eigenvalue weighted by Crippen LogP contribution is -2.34. The molecule has 1 aliphatic heterocycles. The molecule has 0 radical (unpaired) electrons. The van der Waals surface area contributed by atoms with E-state index < -0.39 is 0 Å². The number of rotatable bonds is 3. The first-order valence-electron chi connectivity index (χ1n) is 8.72. The molecule has 2 N–H and O–H groups in total. The summed E-state index contributed by atoms with van der Waals surface area (Å²) in [6, 6.07) is 6.56. The van der Waals surface area contributed by atoms with E-state index >= 15 is 0 Å². The smallest absolute Gasteiger partial charge is 0.221 e. The summed E-state index contributed by atoms with van der Waals surface area (Å²) in [7, 11) is 3.81. The summed E-state index contributed by atoms with van der Waals surface area (Å²) in [5.74, 6) is 2.45. The molecular weight excluding hydrogens is 333 g/mol. The predicted octanol–water partition coefficient (Wildman–Crippen LogP) is 2.32. The van der Waals surface area contributed by atoms with Crippen LogP contribution in [0.1, 0.15) is 24.6 Å². The molecule has 0 amide bonds. The fourth-order valence-corrected chi connectivity index (χ4v) is 3.60. The van der Waals surface area contributed by atoms with Crippen molar-refractivity contribution in [3.63, 3.8) is 0 Å². The van der Waals surface area contributed by atoms with Gasteiger partial charge in [-0.3, -0.25) is 4.68 Å². The number of nitrogens with two attached hydrogens (primary N) is 1. The van der Waals surface area contributed by atoms with Gasteiger partial charge in [0.1, 0.15) is 11.6 Å². The third kappa shape index (κ3) is 2.91. The largest absolute Gasteiger partial charge is 0.368 e. The van der Waals surface area contributed by atoms with Gasteiger partial charge in [-0.15, -0.1) is 10.2 Å². The number of piperidine rings is 1. The van der Waals surface area contributed by atoms with E-state index in [2.05, 4.69) is 20.2 Å². The van der Waals surface area contributed by atoms with Gasteiger partial charge in [0.2, 0.25) is 5.95 Å². The highest BCUT2D eigenvalue weighted by Gasteiger charge is 2.27. The van der Waals surface area contributed by atoms with Crippen molar-refractivity contribution >= 4 is 11.8 Å². The SMILES string of the molecule is Cn1cc(-c2ccc(F)cc2)c(N2CCC(c3nnc(N)n3C)CC2)n1.